The largest absolute Gasteiger partial charge is 0.386 e. The highest BCUT2D eigenvalue weighted by Crippen LogP contribution is 2.21. The van der Waals surface area contributed by atoms with Crippen molar-refractivity contribution in [2.45, 2.75) is 0 Å². The lowest BCUT2D eigenvalue weighted by Gasteiger charge is -2.07. The summed E-state index contributed by atoms with van der Waals surface area (Å²) in [6.07, 6.45) is 1.35. The molecule has 0 saturated heterocycles. The first kappa shape index (κ1) is 9.25. The van der Waals surface area contributed by atoms with Gasteiger partial charge in [0.2, 0.25) is 6.41 Å². The van der Waals surface area contributed by atoms with Crippen molar-refractivity contribution in [1.29, 1.82) is 0 Å². The van der Waals surface area contributed by atoms with E-state index < -0.39 is 0 Å². The van der Waals surface area contributed by atoms with Gasteiger partial charge in [-0.25, -0.2) is 0 Å². The van der Waals surface area contributed by atoms with Crippen LogP contribution >= 0.6 is 0 Å². The number of hydrogen-bond donors (Lipinski definition) is 2. The number of carbonyl (C=O) groups excluding carboxylic acids is 2. The van der Waals surface area contributed by atoms with Gasteiger partial charge in [0.25, 0.3) is 0 Å². The summed E-state index contributed by atoms with van der Waals surface area (Å²) in [6.45, 7) is 0. The fourth-order valence-corrected chi connectivity index (χ4v) is 1.03. The molecule has 4 heteroatoms. The summed E-state index contributed by atoms with van der Waals surface area (Å²) in [5, 5.41) is 5.39. The Morgan fingerprint density at radius 1 is 1.23 bits per heavy atom. The Labute approximate surface area is 75.9 Å². The highest BCUT2D eigenvalue weighted by atomic mass is 16.1. The highest BCUT2D eigenvalue weighted by molar-refractivity contribution is 5.85. The highest BCUT2D eigenvalue weighted by Gasteiger charge is 2.00. The van der Waals surface area contributed by atoms with Gasteiger partial charge >= 0.3 is 0 Å². The van der Waals surface area contributed by atoms with E-state index in [1.165, 1.54) is 0 Å². The molecule has 68 valence electrons. The number of benzene rings is 1. The molecule has 0 saturated carbocycles. The zero-order valence-electron chi connectivity index (χ0n) is 7.20. The second-order valence-corrected chi connectivity index (χ2v) is 2.44. The van der Waals surface area contributed by atoms with E-state index >= 15 is 0 Å². The molecule has 2 N–H and O–H groups in total. The van der Waals surface area contributed by atoms with E-state index in [0.717, 1.165) is 12.0 Å². The number of rotatable bonds is 4. The molecule has 0 fully saturated rings. The normalized spacial score (nSPS) is 9.00. The number of aldehydes is 1. The Hall–Kier alpha value is -1.84. The summed E-state index contributed by atoms with van der Waals surface area (Å²) in [5.41, 5.74) is 1.94. The molecule has 0 atom stereocenters. The zero-order chi connectivity index (χ0) is 9.68. The van der Waals surface area contributed by atoms with Crippen molar-refractivity contribution in [3.8, 4) is 0 Å². The van der Waals surface area contributed by atoms with Crippen LogP contribution in [0.15, 0.2) is 18.2 Å². The molecule has 0 radical (unpaired) electrons. The molecule has 0 aliphatic heterocycles. The number of carbonyl (C=O) groups is 2. The van der Waals surface area contributed by atoms with Crippen LogP contribution in [0.1, 0.15) is 10.4 Å². The summed E-state index contributed by atoms with van der Waals surface area (Å²) in [6, 6.07) is 4.97. The van der Waals surface area contributed by atoms with Gasteiger partial charge in [0.15, 0.2) is 0 Å². The number of nitrogens with one attached hydrogen (secondary N) is 2. The second-order valence-electron chi connectivity index (χ2n) is 2.44. The number of amides is 1. The fourth-order valence-electron chi connectivity index (χ4n) is 1.03. The van der Waals surface area contributed by atoms with Gasteiger partial charge in [-0.15, -0.1) is 0 Å². The van der Waals surface area contributed by atoms with Crippen LogP contribution in [-0.2, 0) is 4.79 Å². The molecule has 1 amide bonds. The van der Waals surface area contributed by atoms with Gasteiger partial charge in [0, 0.05) is 12.6 Å². The third kappa shape index (κ3) is 2.05. The topological polar surface area (TPSA) is 58.2 Å². The Kier molecular flexibility index (Phi) is 3.03. The molecule has 0 aromatic heterocycles. The quantitative estimate of drug-likeness (QED) is 0.679. The third-order valence-corrected chi connectivity index (χ3v) is 1.66. The lowest BCUT2D eigenvalue weighted by molar-refractivity contribution is -0.105. The SMILES string of the molecule is CNc1cc(C=O)ccc1NC=O. The van der Waals surface area contributed by atoms with Crippen LogP contribution < -0.4 is 10.6 Å². The summed E-state index contributed by atoms with van der Waals surface area (Å²) >= 11 is 0. The van der Waals surface area contributed by atoms with Gasteiger partial charge in [0.1, 0.15) is 6.29 Å². The van der Waals surface area contributed by atoms with Crippen LogP contribution in [0.25, 0.3) is 0 Å². The molecule has 0 spiro atoms. The summed E-state index contributed by atoms with van der Waals surface area (Å²) in [5.74, 6) is 0. The fraction of sp³-hybridized carbons (Fsp3) is 0.111. The Balaban J connectivity index is 3.06. The van der Waals surface area contributed by atoms with Crippen molar-refractivity contribution in [3.05, 3.63) is 23.8 Å². The van der Waals surface area contributed by atoms with Crippen molar-refractivity contribution in [3.63, 3.8) is 0 Å². The van der Waals surface area contributed by atoms with Crippen molar-refractivity contribution >= 4 is 24.1 Å². The van der Waals surface area contributed by atoms with Crippen LogP contribution in [0, 0.1) is 0 Å². The molecule has 0 aliphatic carbocycles. The Morgan fingerprint density at radius 2 is 2.00 bits per heavy atom. The predicted octanol–water partition coefficient (Wildman–Crippen LogP) is 1.11. The Morgan fingerprint density at radius 3 is 2.54 bits per heavy atom. The molecule has 13 heavy (non-hydrogen) atoms. The minimum Gasteiger partial charge on any atom is -0.386 e. The predicted molar refractivity (Wildman–Crippen MR) is 51.1 cm³/mol. The number of anilines is 2. The minimum absolute atomic E-state index is 0.570. The molecule has 0 heterocycles. The standard InChI is InChI=1S/C9H10N2O2/c1-10-9-4-7(5-12)2-3-8(9)11-6-13/h2-6,10H,1H3,(H,11,13). The lowest BCUT2D eigenvalue weighted by atomic mass is 10.2. The van der Waals surface area contributed by atoms with Crippen molar-refractivity contribution in [2.24, 2.45) is 0 Å². The first-order valence-corrected chi connectivity index (χ1v) is 3.79. The average Bonchev–Trinajstić information content (AvgIpc) is 2.19. The summed E-state index contributed by atoms with van der Waals surface area (Å²) in [4.78, 5) is 20.6. The van der Waals surface area contributed by atoms with E-state index in [0.29, 0.717) is 17.7 Å². The maximum absolute atomic E-state index is 10.4. The van der Waals surface area contributed by atoms with Gasteiger partial charge in [-0.3, -0.25) is 9.59 Å². The molecular weight excluding hydrogens is 168 g/mol. The van der Waals surface area contributed by atoms with Gasteiger partial charge in [-0.1, -0.05) is 0 Å². The molecule has 1 aromatic rings. The molecule has 1 rings (SSSR count). The molecule has 4 nitrogen and oxygen atoms in total. The van der Waals surface area contributed by atoms with Crippen LogP contribution in [-0.4, -0.2) is 19.7 Å². The first-order chi connectivity index (χ1) is 6.31. The maximum Gasteiger partial charge on any atom is 0.211 e. The van der Waals surface area contributed by atoms with Gasteiger partial charge in [0.05, 0.1) is 11.4 Å². The van der Waals surface area contributed by atoms with E-state index in [1.54, 1.807) is 25.2 Å². The van der Waals surface area contributed by atoms with Gasteiger partial charge in [-0.05, 0) is 18.2 Å². The maximum atomic E-state index is 10.4. The number of hydrogen-bond acceptors (Lipinski definition) is 3. The van der Waals surface area contributed by atoms with Crippen LogP contribution in [0.5, 0.6) is 0 Å². The van der Waals surface area contributed by atoms with Crippen LogP contribution in [0.3, 0.4) is 0 Å². The third-order valence-electron chi connectivity index (χ3n) is 1.66. The van der Waals surface area contributed by atoms with Crippen LogP contribution in [0.2, 0.25) is 0 Å². The molecule has 1 aromatic carbocycles. The van der Waals surface area contributed by atoms with Crippen LogP contribution in [0.4, 0.5) is 11.4 Å². The van der Waals surface area contributed by atoms with E-state index in [9.17, 15) is 9.59 Å². The van der Waals surface area contributed by atoms with Crippen molar-refractivity contribution in [1.82, 2.24) is 0 Å². The lowest BCUT2D eigenvalue weighted by Crippen LogP contribution is -2.00. The van der Waals surface area contributed by atoms with Crippen molar-refractivity contribution < 1.29 is 9.59 Å². The first-order valence-electron chi connectivity index (χ1n) is 3.79. The molecule has 0 aliphatic rings. The zero-order valence-corrected chi connectivity index (χ0v) is 7.20. The van der Waals surface area contributed by atoms with E-state index in [1.807, 2.05) is 0 Å². The van der Waals surface area contributed by atoms with Gasteiger partial charge in [-0.2, -0.15) is 0 Å². The van der Waals surface area contributed by atoms with E-state index in [-0.39, 0.29) is 0 Å². The molecule has 0 bridgehead atoms. The summed E-state index contributed by atoms with van der Waals surface area (Å²) < 4.78 is 0. The van der Waals surface area contributed by atoms with Crippen molar-refractivity contribution in [2.75, 3.05) is 17.7 Å². The Bertz CT molecular complexity index is 323. The van der Waals surface area contributed by atoms with Gasteiger partial charge < -0.3 is 10.6 Å². The summed E-state index contributed by atoms with van der Waals surface area (Å²) in [7, 11) is 1.72. The smallest absolute Gasteiger partial charge is 0.211 e. The molecular formula is C9H10N2O2. The monoisotopic (exact) mass is 178 g/mol. The van der Waals surface area contributed by atoms with E-state index in [4.69, 9.17) is 0 Å². The second kappa shape index (κ2) is 4.25. The average molecular weight is 178 g/mol. The van der Waals surface area contributed by atoms with E-state index in [2.05, 4.69) is 10.6 Å². The molecule has 0 unspecified atom stereocenters. The minimum atomic E-state index is 0.570.